The molecule has 3 nitrogen and oxygen atoms in total. The van der Waals surface area contributed by atoms with Gasteiger partial charge in [-0.1, -0.05) is 26.0 Å². The summed E-state index contributed by atoms with van der Waals surface area (Å²) in [6.45, 7) is 4.00. The van der Waals surface area contributed by atoms with E-state index in [2.05, 4.69) is 4.98 Å². The summed E-state index contributed by atoms with van der Waals surface area (Å²) in [5, 5.41) is 21.6. The molecule has 1 N–H and O–H groups in total. The molecule has 0 aliphatic rings. The third-order valence-corrected chi connectivity index (χ3v) is 6.03. The zero-order valence-electron chi connectivity index (χ0n) is 17.7. The number of fused-ring (bicyclic) bond motifs is 1. The number of rotatable bonds is 4. The van der Waals surface area contributed by atoms with E-state index in [1.165, 1.54) is 41.7 Å². The summed E-state index contributed by atoms with van der Waals surface area (Å²) in [6, 6.07) is 16.4. The number of benzene rings is 2. The standard InChI is InChI=1S/C23H13F4N3S.C2H6/c24-16-6-3-13(4-7-16)22-21(20(14(11-28)12-29)19-2-1-9-31-19)17-8-5-15(23(25,26)27)10-18(17)30-22;1-2/h1-10,14,20,30H;1-2H3. The number of hydrogen-bond donors (Lipinski definition) is 1. The third-order valence-electron chi connectivity index (χ3n) is 5.07. The van der Waals surface area contributed by atoms with Gasteiger partial charge >= 0.3 is 6.18 Å². The maximum atomic E-state index is 13.5. The van der Waals surface area contributed by atoms with E-state index < -0.39 is 29.4 Å². The van der Waals surface area contributed by atoms with Crippen LogP contribution in [0.3, 0.4) is 0 Å². The van der Waals surface area contributed by atoms with Crippen molar-refractivity contribution in [2.75, 3.05) is 0 Å². The quantitative estimate of drug-likeness (QED) is 0.309. The summed E-state index contributed by atoms with van der Waals surface area (Å²) in [4.78, 5) is 3.75. The van der Waals surface area contributed by atoms with Gasteiger partial charge in [0.2, 0.25) is 0 Å². The normalized spacial score (nSPS) is 12.0. The fourth-order valence-corrected chi connectivity index (χ4v) is 4.55. The number of nitrogens with zero attached hydrogens (tertiary/aromatic N) is 2. The average Bonchev–Trinajstić information content (AvgIpc) is 3.47. The number of aromatic amines is 1. The van der Waals surface area contributed by atoms with Crippen LogP contribution in [0.1, 0.15) is 35.8 Å². The van der Waals surface area contributed by atoms with Crippen LogP contribution in [-0.2, 0) is 6.18 Å². The highest BCUT2D eigenvalue weighted by Gasteiger charge is 2.34. The lowest BCUT2D eigenvalue weighted by atomic mass is 9.83. The molecule has 2 aromatic heterocycles. The third kappa shape index (κ3) is 4.76. The predicted molar refractivity (Wildman–Crippen MR) is 121 cm³/mol. The van der Waals surface area contributed by atoms with Crippen molar-refractivity contribution in [1.29, 1.82) is 10.5 Å². The van der Waals surface area contributed by atoms with Crippen molar-refractivity contribution in [3.05, 3.63) is 81.8 Å². The summed E-state index contributed by atoms with van der Waals surface area (Å²) in [6.07, 6.45) is -4.52. The van der Waals surface area contributed by atoms with Crippen molar-refractivity contribution in [3.63, 3.8) is 0 Å². The van der Waals surface area contributed by atoms with E-state index in [9.17, 15) is 28.1 Å². The van der Waals surface area contributed by atoms with Gasteiger partial charge in [0.1, 0.15) is 11.7 Å². The number of aromatic nitrogens is 1. The van der Waals surface area contributed by atoms with E-state index in [1.54, 1.807) is 12.1 Å². The highest BCUT2D eigenvalue weighted by molar-refractivity contribution is 7.10. The van der Waals surface area contributed by atoms with E-state index in [0.29, 0.717) is 22.2 Å². The van der Waals surface area contributed by atoms with Crippen LogP contribution in [0.25, 0.3) is 22.2 Å². The van der Waals surface area contributed by atoms with Gasteiger partial charge < -0.3 is 4.98 Å². The smallest absolute Gasteiger partial charge is 0.354 e. The van der Waals surface area contributed by atoms with E-state index in [0.717, 1.165) is 17.0 Å². The molecule has 0 radical (unpaired) electrons. The van der Waals surface area contributed by atoms with Crippen LogP contribution in [0.4, 0.5) is 17.6 Å². The highest BCUT2D eigenvalue weighted by atomic mass is 32.1. The summed E-state index contributed by atoms with van der Waals surface area (Å²) in [5.41, 5.74) is 0.926. The Kier molecular flexibility index (Phi) is 7.20. The van der Waals surface area contributed by atoms with Gasteiger partial charge in [0, 0.05) is 15.8 Å². The number of nitriles is 2. The van der Waals surface area contributed by atoms with Crippen LogP contribution >= 0.6 is 11.3 Å². The molecule has 0 bridgehead atoms. The Morgan fingerprint density at radius 2 is 1.64 bits per heavy atom. The molecule has 2 heterocycles. The topological polar surface area (TPSA) is 63.4 Å². The Morgan fingerprint density at radius 3 is 2.18 bits per heavy atom. The molecule has 0 aliphatic carbocycles. The Balaban J connectivity index is 0.00000149. The lowest BCUT2D eigenvalue weighted by molar-refractivity contribution is -0.137. The fourth-order valence-electron chi connectivity index (χ4n) is 3.68. The minimum absolute atomic E-state index is 0.223. The average molecular weight is 470 g/mol. The molecule has 168 valence electrons. The van der Waals surface area contributed by atoms with Gasteiger partial charge in [0.15, 0.2) is 0 Å². The van der Waals surface area contributed by atoms with Crippen LogP contribution in [-0.4, -0.2) is 4.98 Å². The minimum atomic E-state index is -4.52. The van der Waals surface area contributed by atoms with Crippen molar-refractivity contribution < 1.29 is 17.6 Å². The first kappa shape index (κ1) is 24.0. The molecule has 2 aromatic carbocycles. The van der Waals surface area contributed by atoms with Gasteiger partial charge in [0.05, 0.1) is 29.3 Å². The molecular weight excluding hydrogens is 450 g/mol. The first-order valence-electron chi connectivity index (χ1n) is 10.1. The second-order valence-electron chi connectivity index (χ2n) is 6.91. The summed E-state index contributed by atoms with van der Waals surface area (Å²) < 4.78 is 53.3. The Bertz CT molecular complexity index is 1290. The zero-order chi connectivity index (χ0) is 24.2. The van der Waals surface area contributed by atoms with Crippen molar-refractivity contribution in [2.24, 2.45) is 5.92 Å². The predicted octanol–water partition coefficient (Wildman–Crippen LogP) is 7.88. The number of halogens is 4. The summed E-state index contributed by atoms with van der Waals surface area (Å²) >= 11 is 1.35. The van der Waals surface area contributed by atoms with Crippen LogP contribution in [0.2, 0.25) is 0 Å². The Hall–Kier alpha value is -3.62. The van der Waals surface area contributed by atoms with Crippen LogP contribution in [0.5, 0.6) is 0 Å². The molecule has 33 heavy (non-hydrogen) atoms. The van der Waals surface area contributed by atoms with Crippen molar-refractivity contribution in [2.45, 2.75) is 25.9 Å². The number of alkyl halides is 3. The van der Waals surface area contributed by atoms with Crippen molar-refractivity contribution in [3.8, 4) is 23.4 Å². The Morgan fingerprint density at radius 1 is 0.970 bits per heavy atom. The molecule has 4 aromatic rings. The molecule has 0 aliphatic heterocycles. The molecule has 4 rings (SSSR count). The zero-order valence-corrected chi connectivity index (χ0v) is 18.6. The number of thiophene rings is 1. The molecule has 0 fully saturated rings. The molecule has 1 atom stereocenters. The molecule has 1 unspecified atom stereocenters. The van der Waals surface area contributed by atoms with E-state index >= 15 is 0 Å². The van der Waals surface area contributed by atoms with Crippen LogP contribution in [0.15, 0.2) is 60.0 Å². The number of nitrogens with one attached hydrogen (secondary N) is 1. The first-order chi connectivity index (χ1) is 15.8. The summed E-state index contributed by atoms with van der Waals surface area (Å²) in [7, 11) is 0. The maximum Gasteiger partial charge on any atom is 0.416 e. The SMILES string of the molecule is CC.N#CC(C#N)C(c1cccs1)c1c(-c2ccc(F)cc2)[nH]c2cc(C(F)(F)F)ccc12. The van der Waals surface area contributed by atoms with Crippen molar-refractivity contribution >= 4 is 22.2 Å². The molecular formula is C25H19F4N3S. The molecule has 0 saturated heterocycles. The van der Waals surface area contributed by atoms with E-state index in [-0.39, 0.29) is 5.52 Å². The van der Waals surface area contributed by atoms with Crippen LogP contribution in [0, 0.1) is 34.4 Å². The Labute approximate surface area is 192 Å². The monoisotopic (exact) mass is 469 g/mol. The first-order valence-corrected chi connectivity index (χ1v) is 11.0. The summed E-state index contributed by atoms with van der Waals surface area (Å²) in [5.74, 6) is -2.22. The molecule has 0 spiro atoms. The van der Waals surface area contributed by atoms with Crippen molar-refractivity contribution in [1.82, 2.24) is 4.98 Å². The van der Waals surface area contributed by atoms with E-state index in [4.69, 9.17) is 0 Å². The minimum Gasteiger partial charge on any atom is -0.354 e. The van der Waals surface area contributed by atoms with Gasteiger partial charge in [-0.15, -0.1) is 11.3 Å². The maximum absolute atomic E-state index is 13.5. The van der Waals surface area contributed by atoms with Gasteiger partial charge in [-0.3, -0.25) is 0 Å². The van der Waals surface area contributed by atoms with E-state index in [1.807, 2.05) is 31.4 Å². The molecule has 0 amide bonds. The van der Waals surface area contributed by atoms with Gasteiger partial charge in [-0.25, -0.2) is 4.39 Å². The second-order valence-corrected chi connectivity index (χ2v) is 7.89. The van der Waals surface area contributed by atoms with Gasteiger partial charge in [-0.05, 0) is 59.0 Å². The molecule has 8 heteroatoms. The fraction of sp³-hybridized carbons (Fsp3) is 0.200. The largest absolute Gasteiger partial charge is 0.416 e. The number of hydrogen-bond acceptors (Lipinski definition) is 3. The van der Waals surface area contributed by atoms with Crippen LogP contribution < -0.4 is 0 Å². The second kappa shape index (κ2) is 9.89. The highest BCUT2D eigenvalue weighted by Crippen LogP contribution is 2.44. The van der Waals surface area contributed by atoms with Gasteiger partial charge in [0.25, 0.3) is 0 Å². The number of H-pyrrole nitrogens is 1. The molecule has 0 saturated carbocycles. The lowest BCUT2D eigenvalue weighted by Gasteiger charge is -2.18. The van der Waals surface area contributed by atoms with Gasteiger partial charge in [-0.2, -0.15) is 23.7 Å². The lowest BCUT2D eigenvalue weighted by Crippen LogP contribution is -2.11.